The molecule has 0 bridgehead atoms. The summed E-state index contributed by atoms with van der Waals surface area (Å²) < 4.78 is 0. The molecule has 16 heavy (non-hydrogen) atoms. The Morgan fingerprint density at radius 3 is 3.06 bits per heavy atom. The number of likely N-dealkylation sites (tertiary alicyclic amines) is 1. The van der Waals surface area contributed by atoms with Gasteiger partial charge in [-0.3, -0.25) is 9.78 Å². The number of aromatic nitrogens is 1. The van der Waals surface area contributed by atoms with Gasteiger partial charge in [0.1, 0.15) is 0 Å². The summed E-state index contributed by atoms with van der Waals surface area (Å²) in [7, 11) is 0. The number of carbonyl (C=O) groups excluding carboxylic acids is 1. The zero-order valence-electron chi connectivity index (χ0n) is 9.35. The third kappa shape index (κ3) is 2.72. The lowest BCUT2D eigenvalue weighted by Gasteiger charge is -2.19. The van der Waals surface area contributed by atoms with Crippen LogP contribution in [-0.4, -0.2) is 22.3 Å². The van der Waals surface area contributed by atoms with Gasteiger partial charge in [-0.15, -0.1) is 0 Å². The number of hydrogen-bond donors (Lipinski definition) is 1. The van der Waals surface area contributed by atoms with E-state index in [9.17, 15) is 4.79 Å². The van der Waals surface area contributed by atoms with Crippen molar-refractivity contribution in [2.45, 2.75) is 32.2 Å². The number of hydrogen-bond acceptors (Lipinski definition) is 3. The van der Waals surface area contributed by atoms with Gasteiger partial charge < -0.3 is 10.6 Å². The van der Waals surface area contributed by atoms with Crippen molar-refractivity contribution < 1.29 is 4.79 Å². The van der Waals surface area contributed by atoms with Gasteiger partial charge in [-0.2, -0.15) is 0 Å². The second-order valence-electron chi connectivity index (χ2n) is 4.21. The van der Waals surface area contributed by atoms with Gasteiger partial charge in [-0.25, -0.2) is 0 Å². The lowest BCUT2D eigenvalue weighted by molar-refractivity contribution is -0.131. The summed E-state index contributed by atoms with van der Waals surface area (Å²) in [6, 6.07) is 3.59. The normalized spacial score (nSPS) is 17.2. The summed E-state index contributed by atoms with van der Waals surface area (Å²) in [6.07, 6.45) is 5.61. The summed E-state index contributed by atoms with van der Waals surface area (Å²) in [6.45, 7) is 1.43. The number of nitrogens with two attached hydrogens (primary N) is 1. The highest BCUT2D eigenvalue weighted by Gasteiger charge is 2.16. The maximum absolute atomic E-state index is 11.8. The number of nitrogen functional groups attached to an aromatic ring is 1. The van der Waals surface area contributed by atoms with Crippen LogP contribution in [0.2, 0.25) is 0 Å². The molecule has 0 aromatic carbocycles. The van der Waals surface area contributed by atoms with Gasteiger partial charge in [0.15, 0.2) is 0 Å². The number of nitrogens with zero attached hydrogens (tertiary/aromatic N) is 2. The molecule has 1 aliphatic heterocycles. The predicted octanol–water partition coefficient (Wildman–Crippen LogP) is 1.57. The zero-order chi connectivity index (χ0) is 11.4. The van der Waals surface area contributed by atoms with Gasteiger partial charge in [-0.1, -0.05) is 6.42 Å². The molecule has 1 amide bonds. The van der Waals surface area contributed by atoms with Crippen LogP contribution in [0.25, 0.3) is 0 Å². The maximum Gasteiger partial charge on any atom is 0.222 e. The second kappa shape index (κ2) is 4.96. The Kier molecular flexibility index (Phi) is 3.39. The van der Waals surface area contributed by atoms with Crippen LogP contribution in [0.4, 0.5) is 5.69 Å². The average Bonchev–Trinajstić information content (AvgIpc) is 2.45. The van der Waals surface area contributed by atoms with Crippen LogP contribution in [0, 0.1) is 0 Å². The number of carbonyl (C=O) groups is 1. The summed E-state index contributed by atoms with van der Waals surface area (Å²) in [5.41, 5.74) is 7.26. The highest BCUT2D eigenvalue weighted by atomic mass is 16.2. The standard InChI is InChI=1S/C12H17N3O/c13-10-5-6-14-11(8-10)9-15-7-3-1-2-4-12(15)16/h5-6,8H,1-4,7,9H2,(H2,13,14). The first-order chi connectivity index (χ1) is 7.75. The Balaban J connectivity index is 2.05. The molecule has 0 saturated carbocycles. The van der Waals surface area contributed by atoms with E-state index < -0.39 is 0 Å². The molecule has 1 saturated heterocycles. The number of pyridine rings is 1. The van der Waals surface area contributed by atoms with E-state index in [1.165, 1.54) is 0 Å². The quantitative estimate of drug-likeness (QED) is 0.821. The highest BCUT2D eigenvalue weighted by molar-refractivity contribution is 5.76. The van der Waals surface area contributed by atoms with Crippen molar-refractivity contribution in [1.29, 1.82) is 0 Å². The van der Waals surface area contributed by atoms with E-state index in [1.807, 2.05) is 11.0 Å². The second-order valence-corrected chi connectivity index (χ2v) is 4.21. The molecule has 2 N–H and O–H groups in total. The molecule has 1 aliphatic rings. The molecule has 86 valence electrons. The number of rotatable bonds is 2. The van der Waals surface area contributed by atoms with Gasteiger partial charge >= 0.3 is 0 Å². The van der Waals surface area contributed by atoms with E-state index >= 15 is 0 Å². The summed E-state index contributed by atoms with van der Waals surface area (Å²) in [5, 5.41) is 0. The molecule has 1 aromatic heterocycles. The monoisotopic (exact) mass is 219 g/mol. The highest BCUT2D eigenvalue weighted by Crippen LogP contribution is 2.14. The minimum atomic E-state index is 0.238. The van der Waals surface area contributed by atoms with Crippen molar-refractivity contribution in [1.82, 2.24) is 9.88 Å². The Morgan fingerprint density at radius 1 is 1.38 bits per heavy atom. The smallest absolute Gasteiger partial charge is 0.222 e. The first kappa shape index (κ1) is 10.9. The van der Waals surface area contributed by atoms with Crippen LogP contribution >= 0.6 is 0 Å². The van der Waals surface area contributed by atoms with Gasteiger partial charge in [0.2, 0.25) is 5.91 Å². The molecular formula is C12H17N3O. The van der Waals surface area contributed by atoms with Crippen LogP contribution in [-0.2, 0) is 11.3 Å². The Hall–Kier alpha value is -1.58. The Labute approximate surface area is 95.5 Å². The zero-order valence-corrected chi connectivity index (χ0v) is 9.35. The summed E-state index contributed by atoms with van der Waals surface area (Å²) in [5.74, 6) is 0.238. The van der Waals surface area contributed by atoms with E-state index in [1.54, 1.807) is 12.3 Å². The van der Waals surface area contributed by atoms with Crippen molar-refractivity contribution in [3.63, 3.8) is 0 Å². The average molecular weight is 219 g/mol. The van der Waals surface area contributed by atoms with Crippen molar-refractivity contribution >= 4 is 11.6 Å². The molecule has 0 aliphatic carbocycles. The fourth-order valence-corrected chi connectivity index (χ4v) is 1.98. The third-order valence-corrected chi connectivity index (χ3v) is 2.86. The first-order valence-corrected chi connectivity index (χ1v) is 5.74. The molecule has 2 rings (SSSR count). The third-order valence-electron chi connectivity index (χ3n) is 2.86. The molecule has 4 heteroatoms. The molecular weight excluding hydrogens is 202 g/mol. The fourth-order valence-electron chi connectivity index (χ4n) is 1.98. The Morgan fingerprint density at radius 2 is 2.25 bits per heavy atom. The minimum Gasteiger partial charge on any atom is -0.399 e. The largest absolute Gasteiger partial charge is 0.399 e. The van der Waals surface area contributed by atoms with E-state index in [0.717, 1.165) is 31.5 Å². The van der Waals surface area contributed by atoms with E-state index in [-0.39, 0.29) is 5.91 Å². The summed E-state index contributed by atoms with van der Waals surface area (Å²) >= 11 is 0. The van der Waals surface area contributed by atoms with Crippen LogP contribution in [0.1, 0.15) is 31.4 Å². The molecule has 1 aromatic rings. The minimum absolute atomic E-state index is 0.238. The van der Waals surface area contributed by atoms with Gasteiger partial charge in [0, 0.05) is 24.8 Å². The predicted molar refractivity (Wildman–Crippen MR) is 62.5 cm³/mol. The molecule has 4 nitrogen and oxygen atoms in total. The molecule has 0 unspecified atom stereocenters. The topological polar surface area (TPSA) is 59.2 Å². The van der Waals surface area contributed by atoms with Crippen LogP contribution in [0.5, 0.6) is 0 Å². The number of anilines is 1. The van der Waals surface area contributed by atoms with Crippen molar-refractivity contribution in [2.75, 3.05) is 12.3 Å². The maximum atomic E-state index is 11.8. The van der Waals surface area contributed by atoms with Gasteiger partial charge in [0.05, 0.1) is 12.2 Å². The molecule has 0 radical (unpaired) electrons. The number of amides is 1. The van der Waals surface area contributed by atoms with Crippen LogP contribution < -0.4 is 5.73 Å². The van der Waals surface area contributed by atoms with Crippen LogP contribution in [0.15, 0.2) is 18.3 Å². The lowest BCUT2D eigenvalue weighted by atomic mass is 10.2. The SMILES string of the molecule is Nc1ccnc(CN2CCCCCC2=O)c1. The molecule has 1 fully saturated rings. The lowest BCUT2D eigenvalue weighted by Crippen LogP contribution is -2.30. The Bertz CT molecular complexity index is 378. The van der Waals surface area contributed by atoms with Gasteiger partial charge in [-0.05, 0) is 25.0 Å². The van der Waals surface area contributed by atoms with E-state index in [4.69, 9.17) is 5.73 Å². The molecule has 0 atom stereocenters. The van der Waals surface area contributed by atoms with Crippen molar-refractivity contribution in [3.8, 4) is 0 Å². The van der Waals surface area contributed by atoms with Crippen molar-refractivity contribution in [2.24, 2.45) is 0 Å². The van der Waals surface area contributed by atoms with Crippen molar-refractivity contribution in [3.05, 3.63) is 24.0 Å². The molecule has 0 spiro atoms. The molecule has 2 heterocycles. The van der Waals surface area contributed by atoms with Crippen LogP contribution in [0.3, 0.4) is 0 Å². The fraction of sp³-hybridized carbons (Fsp3) is 0.500. The summed E-state index contributed by atoms with van der Waals surface area (Å²) in [4.78, 5) is 17.9. The van der Waals surface area contributed by atoms with E-state index in [0.29, 0.717) is 18.7 Å². The van der Waals surface area contributed by atoms with Gasteiger partial charge in [0.25, 0.3) is 0 Å². The first-order valence-electron chi connectivity index (χ1n) is 5.74. The van der Waals surface area contributed by atoms with E-state index in [2.05, 4.69) is 4.98 Å².